The zero-order valence-electron chi connectivity index (χ0n) is 15.1. The van der Waals surface area contributed by atoms with E-state index in [-0.39, 0.29) is 18.2 Å². The lowest BCUT2D eigenvalue weighted by Crippen LogP contribution is -2.15. The van der Waals surface area contributed by atoms with Gasteiger partial charge in [0.1, 0.15) is 10.6 Å². The summed E-state index contributed by atoms with van der Waals surface area (Å²) in [6.45, 7) is 0. The Balaban J connectivity index is 1.50. The van der Waals surface area contributed by atoms with E-state index in [9.17, 15) is 9.59 Å². The van der Waals surface area contributed by atoms with Gasteiger partial charge in [0, 0.05) is 5.02 Å². The molecule has 0 saturated heterocycles. The number of anilines is 2. The largest absolute Gasteiger partial charge is 0.319 e. The molecule has 0 aliphatic rings. The first kappa shape index (κ1) is 20.7. The molecule has 30 heavy (non-hydrogen) atoms. The van der Waals surface area contributed by atoms with Gasteiger partial charge in [-0.05, 0) is 35.9 Å². The Kier molecular flexibility index (Phi) is 5.97. The van der Waals surface area contributed by atoms with Crippen molar-refractivity contribution in [3.05, 3.63) is 74.0 Å². The molecule has 152 valence electrons. The van der Waals surface area contributed by atoms with Gasteiger partial charge in [-0.15, -0.1) is 11.3 Å². The van der Waals surface area contributed by atoms with Gasteiger partial charge in [-0.25, -0.2) is 0 Å². The summed E-state index contributed by atoms with van der Waals surface area (Å²) in [6, 6.07) is 13.7. The van der Waals surface area contributed by atoms with E-state index in [4.69, 9.17) is 34.8 Å². The van der Waals surface area contributed by atoms with E-state index in [2.05, 4.69) is 20.8 Å². The molecule has 2 heterocycles. The Morgan fingerprint density at radius 3 is 2.40 bits per heavy atom. The van der Waals surface area contributed by atoms with Crippen LogP contribution in [0.15, 0.2) is 48.5 Å². The summed E-state index contributed by atoms with van der Waals surface area (Å²) in [6.07, 6.45) is 0.181. The molecule has 0 aliphatic carbocycles. The predicted octanol–water partition coefficient (Wildman–Crippen LogP) is 6.02. The fourth-order valence-electron chi connectivity index (χ4n) is 2.78. The van der Waals surface area contributed by atoms with Crippen molar-refractivity contribution in [1.82, 2.24) is 10.2 Å². The highest BCUT2D eigenvalue weighted by Crippen LogP contribution is 2.33. The standard InChI is InChI=1S/C20H13Cl3N4O2S/c21-11-6-4-10(5-7-11)8-16(28)24-18-12-9-15(30-20(12)27-26-18)19(29)25-17-13(22)2-1-3-14(17)23/h1-7,9H,8H2,(H,25,29)(H2,24,26,27,28). The summed E-state index contributed by atoms with van der Waals surface area (Å²) in [5, 5.41) is 14.4. The van der Waals surface area contributed by atoms with Crippen LogP contribution in [0.1, 0.15) is 15.2 Å². The Morgan fingerprint density at radius 1 is 1.00 bits per heavy atom. The summed E-state index contributed by atoms with van der Waals surface area (Å²) >= 11 is 19.3. The van der Waals surface area contributed by atoms with Crippen LogP contribution in [0.5, 0.6) is 0 Å². The van der Waals surface area contributed by atoms with E-state index in [0.29, 0.717) is 41.7 Å². The second-order valence-corrected chi connectivity index (χ2v) is 8.61. The Labute approximate surface area is 190 Å². The summed E-state index contributed by atoms with van der Waals surface area (Å²) in [7, 11) is 0. The van der Waals surface area contributed by atoms with Gasteiger partial charge in [0.2, 0.25) is 5.91 Å². The van der Waals surface area contributed by atoms with Crippen molar-refractivity contribution >= 4 is 79.7 Å². The zero-order valence-corrected chi connectivity index (χ0v) is 18.2. The van der Waals surface area contributed by atoms with Crippen LogP contribution in [0, 0.1) is 0 Å². The van der Waals surface area contributed by atoms with E-state index in [1.54, 1.807) is 48.5 Å². The minimum atomic E-state index is -0.369. The number of rotatable bonds is 5. The molecule has 4 rings (SSSR count). The number of carbonyl (C=O) groups is 2. The molecule has 0 unspecified atom stereocenters. The third kappa shape index (κ3) is 4.44. The van der Waals surface area contributed by atoms with Crippen LogP contribution < -0.4 is 10.6 Å². The van der Waals surface area contributed by atoms with Crippen LogP contribution in [0.2, 0.25) is 15.1 Å². The maximum atomic E-state index is 12.6. The Morgan fingerprint density at radius 2 is 1.70 bits per heavy atom. The fraction of sp³-hybridized carbons (Fsp3) is 0.0500. The van der Waals surface area contributed by atoms with Crippen molar-refractivity contribution in [2.75, 3.05) is 10.6 Å². The maximum absolute atomic E-state index is 12.6. The van der Waals surface area contributed by atoms with E-state index in [0.717, 1.165) is 5.56 Å². The number of thiophene rings is 1. The van der Waals surface area contributed by atoms with Crippen LogP contribution >= 0.6 is 46.1 Å². The van der Waals surface area contributed by atoms with Crippen LogP contribution in [-0.4, -0.2) is 22.0 Å². The third-order valence-electron chi connectivity index (χ3n) is 4.22. The quantitative estimate of drug-likeness (QED) is 0.327. The normalized spacial score (nSPS) is 10.9. The number of nitrogens with zero attached hydrogens (tertiary/aromatic N) is 1. The summed E-state index contributed by atoms with van der Waals surface area (Å²) < 4.78 is 0. The van der Waals surface area contributed by atoms with Crippen LogP contribution in [0.25, 0.3) is 10.2 Å². The first-order valence-corrected chi connectivity index (χ1v) is 10.6. The van der Waals surface area contributed by atoms with Gasteiger partial charge in [-0.2, -0.15) is 5.10 Å². The van der Waals surface area contributed by atoms with Crippen molar-refractivity contribution in [3.63, 3.8) is 0 Å². The minimum absolute atomic E-state index is 0.181. The molecule has 10 heteroatoms. The topological polar surface area (TPSA) is 86.9 Å². The lowest BCUT2D eigenvalue weighted by molar-refractivity contribution is -0.115. The summed E-state index contributed by atoms with van der Waals surface area (Å²) in [4.78, 5) is 26.0. The minimum Gasteiger partial charge on any atom is -0.319 e. The van der Waals surface area contributed by atoms with Crippen molar-refractivity contribution in [1.29, 1.82) is 0 Å². The molecule has 2 aromatic heterocycles. The SMILES string of the molecule is O=C(Cc1ccc(Cl)cc1)Nc1[nH]nc2sc(C(=O)Nc3c(Cl)cccc3Cl)cc12. The number of aromatic amines is 1. The number of halogens is 3. The highest BCUT2D eigenvalue weighted by molar-refractivity contribution is 7.20. The molecule has 0 spiro atoms. The number of hydrogen-bond donors (Lipinski definition) is 3. The molecule has 0 atom stereocenters. The van der Waals surface area contributed by atoms with Crippen molar-refractivity contribution < 1.29 is 9.59 Å². The van der Waals surface area contributed by atoms with E-state index in [1.165, 1.54) is 11.3 Å². The molecule has 0 bridgehead atoms. The van der Waals surface area contributed by atoms with Crippen molar-refractivity contribution in [3.8, 4) is 0 Å². The molecule has 2 amide bonds. The van der Waals surface area contributed by atoms with Gasteiger partial charge >= 0.3 is 0 Å². The number of para-hydroxylation sites is 1. The van der Waals surface area contributed by atoms with Crippen LogP contribution in [0.3, 0.4) is 0 Å². The van der Waals surface area contributed by atoms with Crippen molar-refractivity contribution in [2.24, 2.45) is 0 Å². The maximum Gasteiger partial charge on any atom is 0.265 e. The van der Waals surface area contributed by atoms with Gasteiger partial charge in [0.15, 0.2) is 0 Å². The average Bonchev–Trinajstić information content (AvgIpc) is 3.29. The lowest BCUT2D eigenvalue weighted by atomic mass is 10.1. The number of aromatic nitrogens is 2. The molecular formula is C20H13Cl3N4O2S. The first-order chi connectivity index (χ1) is 14.4. The molecule has 4 aromatic rings. The highest BCUT2D eigenvalue weighted by atomic mass is 35.5. The van der Waals surface area contributed by atoms with E-state index < -0.39 is 0 Å². The molecule has 6 nitrogen and oxygen atoms in total. The number of nitrogens with one attached hydrogen (secondary N) is 3. The monoisotopic (exact) mass is 478 g/mol. The van der Waals surface area contributed by atoms with E-state index >= 15 is 0 Å². The smallest absolute Gasteiger partial charge is 0.265 e. The predicted molar refractivity (Wildman–Crippen MR) is 122 cm³/mol. The van der Waals surface area contributed by atoms with Gasteiger partial charge < -0.3 is 10.6 Å². The molecule has 3 N–H and O–H groups in total. The second kappa shape index (κ2) is 8.65. The van der Waals surface area contributed by atoms with Gasteiger partial charge in [0.25, 0.3) is 5.91 Å². The van der Waals surface area contributed by atoms with E-state index in [1.807, 2.05) is 0 Å². The summed E-state index contributed by atoms with van der Waals surface area (Å²) in [5.41, 5.74) is 1.17. The Bertz CT molecular complexity index is 1230. The van der Waals surface area contributed by atoms with Crippen LogP contribution in [0.4, 0.5) is 11.5 Å². The number of benzene rings is 2. The molecular weight excluding hydrogens is 467 g/mol. The molecule has 0 aliphatic heterocycles. The first-order valence-electron chi connectivity index (χ1n) is 8.68. The number of amides is 2. The summed E-state index contributed by atoms with van der Waals surface area (Å²) in [5.74, 6) is -0.163. The van der Waals surface area contributed by atoms with Crippen molar-refractivity contribution in [2.45, 2.75) is 6.42 Å². The highest BCUT2D eigenvalue weighted by Gasteiger charge is 2.18. The van der Waals surface area contributed by atoms with Gasteiger partial charge in [0.05, 0.1) is 32.4 Å². The van der Waals surface area contributed by atoms with Gasteiger partial charge in [-0.1, -0.05) is 53.0 Å². The number of carbonyl (C=O) groups excluding carboxylic acids is 2. The Hall–Kier alpha value is -2.58. The number of hydrogen-bond acceptors (Lipinski definition) is 4. The molecule has 0 saturated carbocycles. The van der Waals surface area contributed by atoms with Crippen LogP contribution in [-0.2, 0) is 11.2 Å². The average molecular weight is 480 g/mol. The third-order valence-corrected chi connectivity index (χ3v) is 6.13. The molecule has 0 radical (unpaired) electrons. The molecule has 0 fully saturated rings. The van der Waals surface area contributed by atoms with Gasteiger partial charge in [-0.3, -0.25) is 14.7 Å². The number of fused-ring (bicyclic) bond motifs is 1. The fourth-order valence-corrected chi connectivity index (χ4v) is 4.29. The number of H-pyrrole nitrogens is 1. The zero-order chi connectivity index (χ0) is 21.3. The molecule has 2 aromatic carbocycles. The lowest BCUT2D eigenvalue weighted by Gasteiger charge is -2.07. The second-order valence-electron chi connectivity index (χ2n) is 6.33.